The lowest BCUT2D eigenvalue weighted by atomic mass is 9.97. The Morgan fingerprint density at radius 2 is 1.96 bits per heavy atom. The summed E-state index contributed by atoms with van der Waals surface area (Å²) in [6, 6.07) is 0. The molecule has 1 aliphatic carbocycles. The third kappa shape index (κ3) is 5.47. The molecule has 2 N–H and O–H groups in total. The van der Waals surface area contributed by atoms with Crippen LogP contribution in [0.5, 0.6) is 0 Å². The maximum Gasteiger partial charge on any atom is 0.355 e. The van der Waals surface area contributed by atoms with E-state index < -0.39 is 18.0 Å². The number of ether oxygens (including phenoxy) is 2. The molecule has 7 heteroatoms. The van der Waals surface area contributed by atoms with E-state index in [1.807, 2.05) is 0 Å². The summed E-state index contributed by atoms with van der Waals surface area (Å²) in [6.07, 6.45) is 6.78. The third-order valence-electron chi connectivity index (χ3n) is 4.90. The highest BCUT2D eigenvalue weighted by atomic mass is 16.5. The topological polar surface area (TPSA) is 97.5 Å². The zero-order chi connectivity index (χ0) is 20.7. The Morgan fingerprint density at radius 1 is 1.21 bits per heavy atom. The van der Waals surface area contributed by atoms with E-state index in [0.29, 0.717) is 23.4 Å². The minimum atomic E-state index is -0.929. The summed E-state index contributed by atoms with van der Waals surface area (Å²) < 4.78 is 10.3. The number of aryl methyl sites for hydroxylation is 1. The van der Waals surface area contributed by atoms with Gasteiger partial charge in [0.2, 0.25) is 0 Å². The minimum absolute atomic E-state index is 0.160. The molecule has 0 saturated carbocycles. The van der Waals surface area contributed by atoms with Gasteiger partial charge >= 0.3 is 11.9 Å². The first-order chi connectivity index (χ1) is 13.3. The van der Waals surface area contributed by atoms with Gasteiger partial charge in [-0.1, -0.05) is 11.6 Å². The summed E-state index contributed by atoms with van der Waals surface area (Å²) in [5.41, 5.74) is 2.85. The number of carbonyl (C=O) groups is 3. The van der Waals surface area contributed by atoms with Crippen LogP contribution in [0.1, 0.15) is 78.1 Å². The molecule has 7 nitrogen and oxygen atoms in total. The molecule has 2 rings (SSSR count). The summed E-state index contributed by atoms with van der Waals surface area (Å²) in [7, 11) is 0. The van der Waals surface area contributed by atoms with Crippen LogP contribution < -0.4 is 5.32 Å². The lowest BCUT2D eigenvalue weighted by Gasteiger charge is -2.15. The molecule has 1 atom stereocenters. The second kappa shape index (κ2) is 10.1. The molecule has 1 aromatic heterocycles. The summed E-state index contributed by atoms with van der Waals surface area (Å²) in [6.45, 7) is 7.36. The van der Waals surface area contributed by atoms with E-state index in [9.17, 15) is 14.4 Å². The van der Waals surface area contributed by atoms with Gasteiger partial charge in [0.25, 0.3) is 5.91 Å². The second-order valence-corrected chi connectivity index (χ2v) is 7.04. The normalized spacial score (nSPS) is 14.8. The zero-order valence-electron chi connectivity index (χ0n) is 17.1. The first-order valence-electron chi connectivity index (χ1n) is 9.88. The standard InChI is InChI=1S/C21H30N2O5/c1-5-27-20(25)17-13(2)18(23-14(17)3)21(26)28-15(4)19(24)22-12-11-16-9-7-6-8-10-16/h9,15,23H,5-8,10-12H2,1-4H3,(H,22,24)/t15-/m0/s1. The molecule has 0 fully saturated rings. The molecule has 1 aromatic rings. The molecular formula is C21H30N2O5. The van der Waals surface area contributed by atoms with Crippen LogP contribution >= 0.6 is 0 Å². The van der Waals surface area contributed by atoms with Gasteiger partial charge in [-0.15, -0.1) is 0 Å². The van der Waals surface area contributed by atoms with Gasteiger partial charge in [-0.25, -0.2) is 9.59 Å². The number of aromatic amines is 1. The Morgan fingerprint density at radius 3 is 2.61 bits per heavy atom. The molecule has 28 heavy (non-hydrogen) atoms. The fourth-order valence-electron chi connectivity index (χ4n) is 3.36. The van der Waals surface area contributed by atoms with Crippen molar-refractivity contribution in [1.29, 1.82) is 0 Å². The van der Waals surface area contributed by atoms with E-state index in [-0.39, 0.29) is 18.2 Å². The number of rotatable bonds is 8. The molecule has 154 valence electrons. The Kier molecular flexibility index (Phi) is 7.84. The van der Waals surface area contributed by atoms with E-state index in [4.69, 9.17) is 9.47 Å². The van der Waals surface area contributed by atoms with Crippen LogP contribution in [0, 0.1) is 13.8 Å². The number of nitrogens with one attached hydrogen (secondary N) is 2. The molecule has 1 heterocycles. The van der Waals surface area contributed by atoms with Crippen molar-refractivity contribution in [3.05, 3.63) is 34.2 Å². The van der Waals surface area contributed by atoms with Crippen LogP contribution in [0.3, 0.4) is 0 Å². The van der Waals surface area contributed by atoms with Crippen molar-refractivity contribution >= 4 is 17.8 Å². The van der Waals surface area contributed by atoms with Gasteiger partial charge in [-0.05, 0) is 65.4 Å². The van der Waals surface area contributed by atoms with Gasteiger partial charge in [-0.2, -0.15) is 0 Å². The smallest absolute Gasteiger partial charge is 0.355 e. The highest BCUT2D eigenvalue weighted by molar-refractivity contribution is 5.99. The lowest BCUT2D eigenvalue weighted by Crippen LogP contribution is -2.36. The number of carbonyl (C=O) groups excluding carboxylic acids is 3. The monoisotopic (exact) mass is 390 g/mol. The zero-order valence-corrected chi connectivity index (χ0v) is 17.1. The van der Waals surface area contributed by atoms with Gasteiger partial charge in [0.1, 0.15) is 5.69 Å². The predicted molar refractivity (Wildman–Crippen MR) is 105 cm³/mol. The van der Waals surface area contributed by atoms with Crippen LogP contribution in [0.15, 0.2) is 11.6 Å². The van der Waals surface area contributed by atoms with E-state index in [2.05, 4.69) is 16.4 Å². The van der Waals surface area contributed by atoms with Crippen molar-refractivity contribution in [1.82, 2.24) is 10.3 Å². The fourth-order valence-corrected chi connectivity index (χ4v) is 3.36. The molecular weight excluding hydrogens is 360 g/mol. The fraction of sp³-hybridized carbons (Fsp3) is 0.571. The van der Waals surface area contributed by atoms with Crippen LogP contribution in [-0.2, 0) is 14.3 Å². The van der Waals surface area contributed by atoms with Crippen LogP contribution in [0.4, 0.5) is 0 Å². The average Bonchev–Trinajstić information content (AvgIpc) is 2.97. The van der Waals surface area contributed by atoms with Gasteiger partial charge in [0.05, 0.1) is 12.2 Å². The Bertz CT molecular complexity index is 763. The minimum Gasteiger partial charge on any atom is -0.462 e. The van der Waals surface area contributed by atoms with Crippen molar-refractivity contribution < 1.29 is 23.9 Å². The summed E-state index contributed by atoms with van der Waals surface area (Å²) >= 11 is 0. The third-order valence-corrected chi connectivity index (χ3v) is 4.90. The van der Waals surface area contributed by atoms with Gasteiger partial charge in [0, 0.05) is 12.2 Å². The summed E-state index contributed by atoms with van der Waals surface area (Å²) in [5, 5.41) is 2.81. The molecule has 0 saturated heterocycles. The van der Waals surface area contributed by atoms with Crippen molar-refractivity contribution in [2.24, 2.45) is 0 Å². The molecule has 1 amide bonds. The molecule has 0 aromatic carbocycles. The van der Waals surface area contributed by atoms with Crippen LogP contribution in [-0.4, -0.2) is 42.1 Å². The van der Waals surface area contributed by atoms with E-state index in [1.54, 1.807) is 20.8 Å². The number of aromatic nitrogens is 1. The van der Waals surface area contributed by atoms with Crippen molar-refractivity contribution in [3.63, 3.8) is 0 Å². The highest BCUT2D eigenvalue weighted by Crippen LogP contribution is 2.21. The summed E-state index contributed by atoms with van der Waals surface area (Å²) in [5.74, 6) is -1.50. The molecule has 0 unspecified atom stereocenters. The van der Waals surface area contributed by atoms with Gasteiger partial charge in [0.15, 0.2) is 6.10 Å². The maximum atomic E-state index is 12.5. The highest BCUT2D eigenvalue weighted by Gasteiger charge is 2.26. The first-order valence-corrected chi connectivity index (χ1v) is 9.88. The Balaban J connectivity index is 1.90. The molecule has 0 radical (unpaired) electrons. The summed E-state index contributed by atoms with van der Waals surface area (Å²) in [4.78, 5) is 39.6. The SMILES string of the molecule is CCOC(=O)c1c(C)[nH]c(C(=O)O[C@@H](C)C(=O)NCCC2=CCCCC2)c1C. The second-order valence-electron chi connectivity index (χ2n) is 7.04. The molecule has 0 aliphatic heterocycles. The first kappa shape index (κ1) is 21.7. The van der Waals surface area contributed by atoms with Crippen LogP contribution in [0.2, 0.25) is 0 Å². The quantitative estimate of drug-likeness (QED) is 0.524. The largest absolute Gasteiger partial charge is 0.462 e. The number of H-pyrrole nitrogens is 1. The van der Waals surface area contributed by atoms with Crippen molar-refractivity contribution in [2.45, 2.75) is 65.9 Å². The van der Waals surface area contributed by atoms with Crippen molar-refractivity contribution in [2.75, 3.05) is 13.2 Å². The lowest BCUT2D eigenvalue weighted by molar-refractivity contribution is -0.129. The van der Waals surface area contributed by atoms with Gasteiger partial charge in [-0.3, -0.25) is 4.79 Å². The van der Waals surface area contributed by atoms with Crippen LogP contribution in [0.25, 0.3) is 0 Å². The molecule has 0 spiro atoms. The van der Waals surface area contributed by atoms with E-state index in [1.165, 1.54) is 25.3 Å². The number of amides is 1. The van der Waals surface area contributed by atoms with Crippen molar-refractivity contribution in [3.8, 4) is 0 Å². The molecule has 0 bridgehead atoms. The number of hydrogen-bond acceptors (Lipinski definition) is 5. The number of esters is 2. The van der Waals surface area contributed by atoms with E-state index >= 15 is 0 Å². The maximum absolute atomic E-state index is 12.5. The molecule has 1 aliphatic rings. The van der Waals surface area contributed by atoms with E-state index in [0.717, 1.165) is 19.3 Å². The van der Waals surface area contributed by atoms with Gasteiger partial charge < -0.3 is 19.8 Å². The predicted octanol–water partition coefficient (Wildman–Crippen LogP) is 3.36. The number of hydrogen-bond donors (Lipinski definition) is 2. The average molecular weight is 390 g/mol. The number of allylic oxidation sites excluding steroid dienone is 1. The Hall–Kier alpha value is -2.57. The Labute approximate surface area is 165 Å².